The van der Waals surface area contributed by atoms with Gasteiger partial charge in [0.25, 0.3) is 5.91 Å². The number of ether oxygens (including phenoxy) is 1. The highest BCUT2D eigenvalue weighted by atomic mass is 16.5. The molecule has 4 rings (SSSR count). The highest BCUT2D eigenvalue weighted by molar-refractivity contribution is 6.09. The van der Waals surface area contributed by atoms with Gasteiger partial charge in [-0.05, 0) is 30.9 Å². The molecule has 0 aromatic carbocycles. The number of fused-ring (bicyclic) bond motifs is 1. The lowest BCUT2D eigenvalue weighted by Gasteiger charge is -2.32. The summed E-state index contributed by atoms with van der Waals surface area (Å²) in [5, 5.41) is 0. The molecule has 1 fully saturated rings. The summed E-state index contributed by atoms with van der Waals surface area (Å²) in [6, 6.07) is 3.86. The third kappa shape index (κ3) is 3.42. The summed E-state index contributed by atoms with van der Waals surface area (Å²) < 4.78 is 11.5. The Hall–Kier alpha value is -2.47. The van der Waals surface area contributed by atoms with Gasteiger partial charge in [-0.1, -0.05) is 6.07 Å². The van der Waals surface area contributed by atoms with Gasteiger partial charge < -0.3 is 14.1 Å². The molecule has 2 aromatic rings. The number of hydrogen-bond donors (Lipinski definition) is 0. The fourth-order valence-electron chi connectivity index (χ4n) is 3.71. The first-order valence-corrected chi connectivity index (χ1v) is 9.15. The monoisotopic (exact) mass is 354 g/mol. The summed E-state index contributed by atoms with van der Waals surface area (Å²) in [5.41, 5.74) is 1.93. The molecule has 1 aliphatic carbocycles. The topological polar surface area (TPSA) is 72.6 Å². The zero-order valence-electron chi connectivity index (χ0n) is 14.6. The Morgan fingerprint density at radius 2 is 2.27 bits per heavy atom. The van der Waals surface area contributed by atoms with Crippen molar-refractivity contribution in [1.82, 2.24) is 9.88 Å². The maximum atomic E-state index is 12.9. The van der Waals surface area contributed by atoms with Crippen LogP contribution in [0.5, 0.6) is 0 Å². The van der Waals surface area contributed by atoms with Gasteiger partial charge in [0.05, 0.1) is 23.8 Å². The molecule has 6 heteroatoms. The van der Waals surface area contributed by atoms with Crippen LogP contribution in [-0.2, 0) is 17.8 Å². The van der Waals surface area contributed by atoms with Gasteiger partial charge in [0.2, 0.25) is 0 Å². The molecule has 1 atom stereocenters. The van der Waals surface area contributed by atoms with E-state index in [0.29, 0.717) is 43.0 Å². The average Bonchev–Trinajstić information content (AvgIpc) is 3.12. The van der Waals surface area contributed by atoms with E-state index in [1.165, 1.54) is 6.26 Å². The highest BCUT2D eigenvalue weighted by Crippen LogP contribution is 2.28. The van der Waals surface area contributed by atoms with Crippen LogP contribution in [0, 0.1) is 0 Å². The highest BCUT2D eigenvalue weighted by Gasteiger charge is 2.32. The van der Waals surface area contributed by atoms with Crippen LogP contribution >= 0.6 is 0 Å². The van der Waals surface area contributed by atoms with Crippen molar-refractivity contribution in [1.29, 1.82) is 0 Å². The van der Waals surface area contributed by atoms with E-state index in [-0.39, 0.29) is 17.8 Å². The molecule has 0 bridgehead atoms. The molecule has 1 saturated heterocycles. The van der Waals surface area contributed by atoms with Gasteiger partial charge in [-0.3, -0.25) is 14.6 Å². The first-order valence-electron chi connectivity index (χ1n) is 9.15. The molecule has 26 heavy (non-hydrogen) atoms. The molecule has 2 aliphatic rings. The predicted octanol–water partition coefficient (Wildman–Crippen LogP) is 3.02. The summed E-state index contributed by atoms with van der Waals surface area (Å²) in [6.07, 6.45) is 8.79. The molecule has 0 saturated carbocycles. The van der Waals surface area contributed by atoms with Crippen molar-refractivity contribution in [2.24, 2.45) is 0 Å². The van der Waals surface area contributed by atoms with E-state index in [1.54, 1.807) is 17.3 Å². The van der Waals surface area contributed by atoms with E-state index in [2.05, 4.69) is 4.98 Å². The Kier molecular flexibility index (Phi) is 4.84. The lowest BCUT2D eigenvalue weighted by Crippen LogP contribution is -2.43. The summed E-state index contributed by atoms with van der Waals surface area (Å²) in [4.78, 5) is 31.0. The smallest absolute Gasteiger partial charge is 0.257 e. The Morgan fingerprint density at radius 3 is 3.12 bits per heavy atom. The molecule has 0 unspecified atom stereocenters. The largest absolute Gasteiger partial charge is 0.468 e. The molecule has 0 N–H and O–H groups in total. The summed E-state index contributed by atoms with van der Waals surface area (Å²) in [6.45, 7) is 1.70. The number of likely N-dealkylation sites (tertiary alicyclic amines) is 1. The number of furan rings is 1. The van der Waals surface area contributed by atoms with Gasteiger partial charge in [-0.25, -0.2) is 0 Å². The molecule has 1 aliphatic heterocycles. The lowest BCUT2D eigenvalue weighted by atomic mass is 9.93. The second-order valence-corrected chi connectivity index (χ2v) is 6.91. The standard InChI is InChI=1S/C20H22N2O4/c23-17-6-1-7-18-19(17)16(13-26-18)20(24)22-9-3-5-15(11-22)25-12-14-4-2-8-21-10-14/h2,4,8,10,13,15H,1,3,5-7,9,11-12H2/t15-/m1/s1. The summed E-state index contributed by atoms with van der Waals surface area (Å²) in [7, 11) is 0. The second-order valence-electron chi connectivity index (χ2n) is 6.91. The first-order chi connectivity index (χ1) is 12.7. The molecule has 136 valence electrons. The number of Topliss-reactive ketones (excluding diaryl/α,β-unsaturated/α-hetero) is 1. The molecule has 6 nitrogen and oxygen atoms in total. The van der Waals surface area contributed by atoms with Crippen molar-refractivity contribution in [3.63, 3.8) is 0 Å². The van der Waals surface area contributed by atoms with Crippen LogP contribution in [0.4, 0.5) is 0 Å². The van der Waals surface area contributed by atoms with Crippen molar-refractivity contribution in [3.8, 4) is 0 Å². The van der Waals surface area contributed by atoms with E-state index in [9.17, 15) is 9.59 Å². The fraction of sp³-hybridized carbons (Fsp3) is 0.450. The van der Waals surface area contributed by atoms with Gasteiger partial charge in [-0.2, -0.15) is 0 Å². The Morgan fingerprint density at radius 1 is 1.35 bits per heavy atom. The molecule has 0 radical (unpaired) electrons. The number of aromatic nitrogens is 1. The van der Waals surface area contributed by atoms with E-state index in [0.717, 1.165) is 31.2 Å². The van der Waals surface area contributed by atoms with E-state index in [4.69, 9.17) is 9.15 Å². The minimum Gasteiger partial charge on any atom is -0.468 e. The quantitative estimate of drug-likeness (QED) is 0.844. The first kappa shape index (κ1) is 17.0. The number of aryl methyl sites for hydroxylation is 1. The van der Waals surface area contributed by atoms with E-state index >= 15 is 0 Å². The third-order valence-corrected chi connectivity index (χ3v) is 5.06. The van der Waals surface area contributed by atoms with Crippen molar-refractivity contribution < 1.29 is 18.7 Å². The number of amides is 1. The Labute approximate surface area is 152 Å². The predicted molar refractivity (Wildman–Crippen MR) is 93.9 cm³/mol. The van der Waals surface area contributed by atoms with Crippen molar-refractivity contribution >= 4 is 11.7 Å². The summed E-state index contributed by atoms with van der Waals surface area (Å²) >= 11 is 0. The molecular weight excluding hydrogens is 332 g/mol. The van der Waals surface area contributed by atoms with Crippen LogP contribution in [-0.4, -0.2) is 40.8 Å². The molecular formula is C20H22N2O4. The van der Waals surface area contributed by atoms with Crippen molar-refractivity contribution in [2.75, 3.05) is 13.1 Å². The number of hydrogen-bond acceptors (Lipinski definition) is 5. The number of nitrogens with zero attached hydrogens (tertiary/aromatic N) is 2. The minimum atomic E-state index is -0.125. The Balaban J connectivity index is 1.42. The van der Waals surface area contributed by atoms with Crippen LogP contribution in [0.15, 0.2) is 35.2 Å². The normalized spacial score (nSPS) is 20.1. The second kappa shape index (κ2) is 7.41. The molecule has 0 spiro atoms. The average molecular weight is 354 g/mol. The number of rotatable bonds is 4. The maximum absolute atomic E-state index is 12.9. The van der Waals surface area contributed by atoms with Gasteiger partial charge in [-0.15, -0.1) is 0 Å². The number of piperidine rings is 1. The van der Waals surface area contributed by atoms with Gasteiger partial charge in [0.15, 0.2) is 5.78 Å². The van der Waals surface area contributed by atoms with Crippen LogP contribution in [0.25, 0.3) is 0 Å². The fourth-order valence-corrected chi connectivity index (χ4v) is 3.71. The number of ketones is 1. The third-order valence-electron chi connectivity index (χ3n) is 5.06. The molecule has 1 amide bonds. The zero-order valence-corrected chi connectivity index (χ0v) is 14.6. The van der Waals surface area contributed by atoms with Gasteiger partial charge in [0, 0.05) is 38.3 Å². The van der Waals surface area contributed by atoms with E-state index < -0.39 is 0 Å². The van der Waals surface area contributed by atoms with Gasteiger partial charge >= 0.3 is 0 Å². The van der Waals surface area contributed by atoms with Crippen LogP contribution in [0.3, 0.4) is 0 Å². The van der Waals surface area contributed by atoms with E-state index in [1.807, 2.05) is 12.1 Å². The Bertz CT molecular complexity index is 799. The lowest BCUT2D eigenvalue weighted by molar-refractivity contribution is -0.00685. The van der Waals surface area contributed by atoms with Crippen LogP contribution < -0.4 is 0 Å². The number of pyridine rings is 1. The van der Waals surface area contributed by atoms with Crippen LogP contribution in [0.1, 0.15) is 57.7 Å². The number of carbonyl (C=O) groups excluding carboxylic acids is 2. The maximum Gasteiger partial charge on any atom is 0.257 e. The zero-order chi connectivity index (χ0) is 17.9. The van der Waals surface area contributed by atoms with Crippen LogP contribution in [0.2, 0.25) is 0 Å². The molecule has 3 heterocycles. The minimum absolute atomic E-state index is 0.00802. The van der Waals surface area contributed by atoms with Crippen molar-refractivity contribution in [2.45, 2.75) is 44.8 Å². The number of carbonyl (C=O) groups is 2. The van der Waals surface area contributed by atoms with Crippen molar-refractivity contribution in [3.05, 3.63) is 53.2 Å². The summed E-state index contributed by atoms with van der Waals surface area (Å²) in [5.74, 6) is 0.552. The van der Waals surface area contributed by atoms with Gasteiger partial charge in [0.1, 0.15) is 12.0 Å². The molecule has 2 aromatic heterocycles. The SMILES string of the molecule is O=C1CCCc2occ(C(=O)N3CCC[C@@H](OCc4cccnc4)C3)c21.